The predicted molar refractivity (Wildman–Crippen MR) is 25.8 cm³/mol. The normalized spacial score (nSPS) is 6.00. The van der Waals surface area contributed by atoms with Crippen LogP contribution in [0.4, 0.5) is 0 Å². The molecule has 0 aromatic carbocycles. The summed E-state index contributed by atoms with van der Waals surface area (Å²) in [5.74, 6) is 0. The van der Waals surface area contributed by atoms with E-state index in [9.17, 15) is 0 Å². The van der Waals surface area contributed by atoms with Crippen molar-refractivity contribution in [3.63, 3.8) is 0 Å². The minimum atomic E-state index is 0. The van der Waals surface area contributed by atoms with Gasteiger partial charge in [0.05, 0.1) is 0 Å². The molecule has 0 bridgehead atoms. The zero-order valence-electron chi connectivity index (χ0n) is 3.73. The molecule has 2 heteroatoms. The van der Waals surface area contributed by atoms with E-state index < -0.39 is 0 Å². The van der Waals surface area contributed by atoms with Gasteiger partial charge in [0.25, 0.3) is 0 Å². The molecule has 0 heterocycles. The molecule has 0 fully saturated rings. The van der Waals surface area contributed by atoms with Crippen molar-refractivity contribution in [2.24, 2.45) is 0 Å². The quantitative estimate of drug-likeness (QED) is 0.481. The van der Waals surface area contributed by atoms with E-state index >= 15 is 0 Å². The number of hydrogen-bond acceptors (Lipinski definition) is 1. The molecule has 6 heavy (non-hydrogen) atoms. The summed E-state index contributed by atoms with van der Waals surface area (Å²) in [6.45, 7) is 0. The number of nitrogens with zero attached hydrogens (tertiary/aromatic N) is 1. The van der Waals surface area contributed by atoms with Gasteiger partial charge in [-0.2, -0.15) is 0 Å². The molecule has 0 aliphatic heterocycles. The summed E-state index contributed by atoms with van der Waals surface area (Å²) in [5.41, 5.74) is 0. The van der Waals surface area contributed by atoms with Crippen LogP contribution in [0.15, 0.2) is 0 Å². The van der Waals surface area contributed by atoms with Gasteiger partial charge >= 0.3 is 0 Å². The van der Waals surface area contributed by atoms with Crippen LogP contribution in [0.3, 0.4) is 0 Å². The molecule has 0 spiro atoms. The molecule has 0 aromatic heterocycles. The van der Waals surface area contributed by atoms with Crippen molar-refractivity contribution in [1.82, 2.24) is 4.90 Å². The van der Waals surface area contributed by atoms with Crippen LogP contribution in [0.25, 0.3) is 0 Å². The summed E-state index contributed by atoms with van der Waals surface area (Å²) in [6.07, 6.45) is 0. The Morgan fingerprint density at radius 3 is 1.33 bits per heavy atom. The van der Waals surface area contributed by atoms with Crippen LogP contribution >= 0.6 is 0 Å². The predicted octanol–water partition coefficient (Wildman–Crippen LogP) is 0.973. The fourth-order valence-electron chi connectivity index (χ4n) is 0. The van der Waals surface area contributed by atoms with Crippen molar-refractivity contribution < 1.29 is 32.7 Å². The Morgan fingerprint density at radius 1 is 1.33 bits per heavy atom. The van der Waals surface area contributed by atoms with Crippen LogP contribution in [0.2, 0.25) is 0 Å². The average Bonchev–Trinajstić information content (AvgIpc) is 0.811. The molecular weight excluding hydrogens is 151 g/mol. The van der Waals surface area contributed by atoms with Gasteiger partial charge < -0.3 is 4.90 Å². The van der Waals surface area contributed by atoms with E-state index in [0.29, 0.717) is 0 Å². The SMILES string of the molecule is C.[CH2-]N(C)C.[Y]. The molecule has 1 nitrogen and oxygen atoms in total. The zero-order chi connectivity index (χ0) is 3.58. The summed E-state index contributed by atoms with van der Waals surface area (Å²) in [6, 6.07) is 0. The molecule has 0 N–H and O–H groups in total. The van der Waals surface area contributed by atoms with Gasteiger partial charge in [-0.25, -0.2) is 0 Å². The molecule has 0 saturated carbocycles. The molecular formula is C4H12NY-. The topological polar surface area (TPSA) is 3.24 Å². The summed E-state index contributed by atoms with van der Waals surface area (Å²) in [5, 5.41) is 0. The van der Waals surface area contributed by atoms with Gasteiger partial charge in [-0.05, 0) is 14.1 Å². The maximum Gasteiger partial charge on any atom is 0 e. The van der Waals surface area contributed by atoms with Crippen LogP contribution in [-0.2, 0) is 32.7 Å². The van der Waals surface area contributed by atoms with Crippen LogP contribution in [0.5, 0.6) is 0 Å². The van der Waals surface area contributed by atoms with Crippen molar-refractivity contribution in [2.45, 2.75) is 7.43 Å². The van der Waals surface area contributed by atoms with Gasteiger partial charge in [0.2, 0.25) is 0 Å². The standard InChI is InChI=1S/C3H8N.CH4.Y/c1-4(2)3;;/h1H2,2-3H3;1H4;/q-1;;. The molecule has 0 aliphatic carbocycles. The Labute approximate surface area is 66.0 Å². The number of rotatable bonds is 0. The Kier molecular flexibility index (Phi) is 24.7. The van der Waals surface area contributed by atoms with Crippen molar-refractivity contribution >= 4 is 0 Å². The van der Waals surface area contributed by atoms with Crippen LogP contribution in [0, 0.1) is 7.05 Å². The molecule has 0 saturated heterocycles. The molecule has 0 atom stereocenters. The fraction of sp³-hybridized carbons (Fsp3) is 0.750. The maximum atomic E-state index is 3.47. The second kappa shape index (κ2) is 9.42. The third-order valence-electron chi connectivity index (χ3n) is 0. The fourth-order valence-corrected chi connectivity index (χ4v) is 0. The first-order valence-electron chi connectivity index (χ1n) is 1.21. The molecule has 37 valence electrons. The van der Waals surface area contributed by atoms with E-state index in [1.807, 2.05) is 14.1 Å². The Hall–Kier alpha value is 1.06. The van der Waals surface area contributed by atoms with E-state index in [-0.39, 0.29) is 40.1 Å². The van der Waals surface area contributed by atoms with Gasteiger partial charge in [-0.1, -0.05) is 7.43 Å². The van der Waals surface area contributed by atoms with E-state index in [1.165, 1.54) is 0 Å². The van der Waals surface area contributed by atoms with Crippen LogP contribution < -0.4 is 0 Å². The third kappa shape index (κ3) is 73.9. The van der Waals surface area contributed by atoms with E-state index in [1.54, 1.807) is 4.90 Å². The monoisotopic (exact) mass is 163 g/mol. The van der Waals surface area contributed by atoms with Crippen molar-refractivity contribution in [2.75, 3.05) is 14.1 Å². The third-order valence-corrected chi connectivity index (χ3v) is 0. The van der Waals surface area contributed by atoms with Crippen molar-refractivity contribution in [3.8, 4) is 0 Å². The first-order valence-corrected chi connectivity index (χ1v) is 1.21. The molecule has 0 aromatic rings. The minimum absolute atomic E-state index is 0. The average molecular weight is 163 g/mol. The summed E-state index contributed by atoms with van der Waals surface area (Å²) >= 11 is 0. The van der Waals surface area contributed by atoms with E-state index in [0.717, 1.165) is 0 Å². The van der Waals surface area contributed by atoms with Crippen molar-refractivity contribution in [3.05, 3.63) is 7.05 Å². The molecule has 0 amide bonds. The summed E-state index contributed by atoms with van der Waals surface area (Å²) < 4.78 is 0. The molecule has 1 radical (unpaired) electrons. The Bertz CT molecular complexity index is 12.3. The first-order chi connectivity index (χ1) is 1.73. The largest absolute Gasteiger partial charge is 0.464 e. The number of hydrogen-bond donors (Lipinski definition) is 0. The smallest absolute Gasteiger partial charge is 0 e. The van der Waals surface area contributed by atoms with Gasteiger partial charge in [-0.15, -0.1) is 0 Å². The Morgan fingerprint density at radius 2 is 1.33 bits per heavy atom. The summed E-state index contributed by atoms with van der Waals surface area (Å²) in [7, 11) is 7.25. The first kappa shape index (κ1) is 15.7. The van der Waals surface area contributed by atoms with E-state index in [4.69, 9.17) is 0 Å². The van der Waals surface area contributed by atoms with Crippen LogP contribution in [0.1, 0.15) is 7.43 Å². The van der Waals surface area contributed by atoms with E-state index in [2.05, 4.69) is 7.05 Å². The van der Waals surface area contributed by atoms with Gasteiger partial charge in [0.15, 0.2) is 0 Å². The van der Waals surface area contributed by atoms with Crippen molar-refractivity contribution in [1.29, 1.82) is 0 Å². The minimum Gasteiger partial charge on any atom is -0.464 e. The molecule has 0 rings (SSSR count). The zero-order valence-corrected chi connectivity index (χ0v) is 6.57. The van der Waals surface area contributed by atoms with Gasteiger partial charge in [-0.3, -0.25) is 7.05 Å². The van der Waals surface area contributed by atoms with Gasteiger partial charge in [0, 0.05) is 32.7 Å². The van der Waals surface area contributed by atoms with Crippen LogP contribution in [-0.4, -0.2) is 19.0 Å². The maximum absolute atomic E-state index is 3.47. The second-order valence-corrected chi connectivity index (χ2v) is 1.08. The second-order valence-electron chi connectivity index (χ2n) is 1.08. The van der Waals surface area contributed by atoms with Gasteiger partial charge in [0.1, 0.15) is 0 Å². The molecule has 0 aliphatic rings. The summed E-state index contributed by atoms with van der Waals surface area (Å²) in [4.78, 5) is 1.75. The Balaban J connectivity index is -0.0000000450. The molecule has 0 unspecified atom stereocenters.